The molecule has 2 aromatic heterocycles. The number of hydrogen-bond acceptors (Lipinski definition) is 10. The summed E-state index contributed by atoms with van der Waals surface area (Å²) in [6, 6.07) is 0. The summed E-state index contributed by atoms with van der Waals surface area (Å²) in [5.41, 5.74) is -1.55. The lowest BCUT2D eigenvalue weighted by molar-refractivity contribution is -0.104. The van der Waals surface area contributed by atoms with Crippen molar-refractivity contribution in [2.45, 2.75) is 56.1 Å². The van der Waals surface area contributed by atoms with Crippen molar-refractivity contribution in [3.8, 4) is 0 Å². The summed E-state index contributed by atoms with van der Waals surface area (Å²) in [6.45, 7) is 1.04. The van der Waals surface area contributed by atoms with Crippen LogP contribution in [0.2, 0.25) is 5.28 Å². The van der Waals surface area contributed by atoms with E-state index in [1.165, 1.54) is 23.9 Å². The Balaban J connectivity index is 1.29. The second-order valence-electron chi connectivity index (χ2n) is 10.9. The highest BCUT2D eigenvalue weighted by Gasteiger charge is 2.63. The molecule has 7 atom stereocenters. The summed E-state index contributed by atoms with van der Waals surface area (Å²) < 4.78 is 35.6. The van der Waals surface area contributed by atoms with Crippen LogP contribution in [0.3, 0.4) is 0 Å². The second kappa shape index (κ2) is 9.44. The van der Waals surface area contributed by atoms with Crippen LogP contribution in [0.1, 0.15) is 38.3 Å². The van der Waals surface area contributed by atoms with Crippen molar-refractivity contribution in [2.24, 2.45) is 17.8 Å². The van der Waals surface area contributed by atoms with Gasteiger partial charge in [-0.25, -0.2) is 4.68 Å². The maximum Gasteiger partial charge on any atom is 0.340 e. The van der Waals surface area contributed by atoms with Crippen LogP contribution in [0, 0.1) is 17.8 Å². The van der Waals surface area contributed by atoms with Gasteiger partial charge in [0.05, 0.1) is 18.2 Å². The molecule has 14 nitrogen and oxygen atoms in total. The molecular weight excluding hydrogens is 564 g/mol. The minimum Gasteiger partial charge on any atom is -0.385 e. The first kappa shape index (κ1) is 27.0. The van der Waals surface area contributed by atoms with Crippen molar-refractivity contribution in [2.75, 3.05) is 30.5 Å². The van der Waals surface area contributed by atoms with Crippen LogP contribution in [-0.4, -0.2) is 88.1 Å². The Morgan fingerprint density at radius 2 is 1.82 bits per heavy atom. The zero-order valence-corrected chi connectivity index (χ0v) is 22.8. The van der Waals surface area contributed by atoms with E-state index in [2.05, 4.69) is 20.0 Å². The number of rotatable bonds is 8. The predicted molar refractivity (Wildman–Crippen MR) is 134 cm³/mol. The van der Waals surface area contributed by atoms with Crippen LogP contribution in [-0.2, 0) is 18.4 Å². The van der Waals surface area contributed by atoms with Crippen LogP contribution in [0.25, 0.3) is 11.0 Å². The Hall–Kier alpha value is -1.18. The highest BCUT2D eigenvalue weighted by molar-refractivity contribution is 7.70. The fourth-order valence-electron chi connectivity index (χ4n) is 6.36. The van der Waals surface area contributed by atoms with Crippen LogP contribution in [0.4, 0.5) is 5.82 Å². The SMILES string of the molecule is O=P(O)(O)CP(=O)(O)OC[C@H]1O[C@@H](n2ncc3c(N4C[C@H]5CCC[C@H]5C4)nc(Cl)nc32)[C@H](O)[C@@]1(O)C1CC1. The molecule has 2 saturated heterocycles. The molecule has 5 N–H and O–H groups in total. The first-order chi connectivity index (χ1) is 17.9. The van der Waals surface area contributed by atoms with Gasteiger partial charge < -0.3 is 39.1 Å². The van der Waals surface area contributed by atoms with E-state index in [4.69, 9.17) is 30.6 Å². The van der Waals surface area contributed by atoms with Gasteiger partial charge in [-0.2, -0.15) is 15.1 Å². The number of halogens is 1. The number of aliphatic hydroxyl groups is 2. The zero-order valence-electron chi connectivity index (χ0n) is 20.3. The van der Waals surface area contributed by atoms with Crippen LogP contribution < -0.4 is 4.90 Å². The molecule has 4 heterocycles. The van der Waals surface area contributed by atoms with E-state index < -0.39 is 51.7 Å². The molecule has 38 heavy (non-hydrogen) atoms. The van der Waals surface area contributed by atoms with Gasteiger partial charge in [-0.1, -0.05) is 6.42 Å². The third kappa shape index (κ3) is 4.83. The van der Waals surface area contributed by atoms with Crippen LogP contribution >= 0.6 is 26.8 Å². The quantitative estimate of drug-likeness (QED) is 0.218. The van der Waals surface area contributed by atoms with Gasteiger partial charge in [0.15, 0.2) is 17.8 Å². The first-order valence-corrected chi connectivity index (χ1v) is 16.5. The Morgan fingerprint density at radius 3 is 2.45 bits per heavy atom. The maximum atomic E-state index is 12.2. The smallest absolute Gasteiger partial charge is 0.340 e. The van der Waals surface area contributed by atoms with Gasteiger partial charge in [0, 0.05) is 13.1 Å². The molecule has 0 radical (unpaired) electrons. The minimum atomic E-state index is -4.84. The monoisotopic (exact) mass is 593 g/mol. The number of hydrogen-bond donors (Lipinski definition) is 5. The van der Waals surface area contributed by atoms with Gasteiger partial charge in [0.2, 0.25) is 5.28 Å². The summed E-state index contributed by atoms with van der Waals surface area (Å²) in [5.74, 6) is 0.118. The average molecular weight is 594 g/mol. The maximum absolute atomic E-state index is 12.2. The number of aromatic nitrogens is 4. The molecule has 2 aliphatic heterocycles. The van der Waals surface area contributed by atoms with E-state index in [1.54, 1.807) is 6.20 Å². The third-order valence-electron chi connectivity index (χ3n) is 8.26. The van der Waals surface area contributed by atoms with Crippen LogP contribution in [0.5, 0.6) is 0 Å². The Kier molecular flexibility index (Phi) is 6.71. The summed E-state index contributed by atoms with van der Waals surface area (Å²) in [7, 11) is -9.55. The van der Waals surface area contributed by atoms with Crippen molar-refractivity contribution in [3.05, 3.63) is 11.5 Å². The largest absolute Gasteiger partial charge is 0.385 e. The molecule has 210 valence electrons. The van der Waals surface area contributed by atoms with E-state index in [9.17, 15) is 24.2 Å². The lowest BCUT2D eigenvalue weighted by atomic mass is 9.87. The predicted octanol–water partition coefficient (Wildman–Crippen LogP) is 1.45. The number of anilines is 1. The molecule has 2 aromatic rings. The van der Waals surface area contributed by atoms with E-state index in [0.29, 0.717) is 41.5 Å². The van der Waals surface area contributed by atoms with Gasteiger partial charge in [-0.05, 0) is 55.0 Å². The molecule has 4 fully saturated rings. The van der Waals surface area contributed by atoms with E-state index in [0.717, 1.165) is 13.1 Å². The fourth-order valence-corrected chi connectivity index (χ4v) is 9.08. The van der Waals surface area contributed by atoms with E-state index in [-0.39, 0.29) is 11.2 Å². The molecule has 0 bridgehead atoms. The summed E-state index contributed by atoms with van der Waals surface area (Å²) >= 11 is 6.31. The Morgan fingerprint density at radius 1 is 1.13 bits per heavy atom. The Labute approximate surface area is 222 Å². The Bertz CT molecular complexity index is 1330. The molecule has 2 saturated carbocycles. The molecule has 1 unspecified atom stereocenters. The van der Waals surface area contributed by atoms with E-state index >= 15 is 0 Å². The highest BCUT2D eigenvalue weighted by atomic mass is 35.5. The lowest BCUT2D eigenvalue weighted by Crippen LogP contribution is -2.51. The molecule has 0 amide bonds. The van der Waals surface area contributed by atoms with Gasteiger partial charge in [-0.3, -0.25) is 9.13 Å². The normalized spacial score (nSPS) is 35.2. The van der Waals surface area contributed by atoms with Gasteiger partial charge in [-0.15, -0.1) is 0 Å². The summed E-state index contributed by atoms with van der Waals surface area (Å²) in [4.78, 5) is 39.0. The van der Waals surface area contributed by atoms with Crippen molar-refractivity contribution in [1.82, 2.24) is 19.7 Å². The number of ether oxygens (including phenoxy) is 1. The van der Waals surface area contributed by atoms with Crippen molar-refractivity contribution in [3.63, 3.8) is 0 Å². The lowest BCUT2D eigenvalue weighted by Gasteiger charge is -2.31. The standard InChI is InChI=1S/C21H30ClN5O9P2/c22-20-24-17(26-7-11-2-1-3-12(11)8-26)14-6-23-27(18(14)25-20)19-16(28)21(29,13-4-5-13)15(36-19)9-35-38(33,34)10-37(30,31)32/h6,11-13,15-16,19,28-29H,1-5,7-10H2,(H,33,34)(H2,30,31,32)/t11-,12+,15-,16+,19-,21-/m1/s1. The highest BCUT2D eigenvalue weighted by Crippen LogP contribution is 2.57. The number of fused-ring (bicyclic) bond motifs is 2. The minimum absolute atomic E-state index is 0.00482. The van der Waals surface area contributed by atoms with Crippen molar-refractivity contribution < 1.29 is 43.3 Å². The molecular formula is C21H30ClN5O9P2. The van der Waals surface area contributed by atoms with Gasteiger partial charge >= 0.3 is 15.2 Å². The molecule has 17 heteroatoms. The molecule has 0 spiro atoms. The van der Waals surface area contributed by atoms with Crippen molar-refractivity contribution >= 4 is 43.6 Å². The molecule has 0 aromatic carbocycles. The van der Waals surface area contributed by atoms with Crippen LogP contribution in [0.15, 0.2) is 6.20 Å². The third-order valence-corrected chi connectivity index (χ3v) is 11.9. The molecule has 4 aliphatic rings. The average Bonchev–Trinajstić information content (AvgIpc) is 3.13. The number of nitrogens with zero attached hydrogens (tertiary/aromatic N) is 5. The van der Waals surface area contributed by atoms with E-state index in [1.807, 2.05) is 0 Å². The topological polar surface area (TPSA) is 201 Å². The van der Waals surface area contributed by atoms with Gasteiger partial charge in [0.1, 0.15) is 23.6 Å². The summed E-state index contributed by atoms with van der Waals surface area (Å²) in [6.07, 6.45) is 2.33. The molecule has 2 aliphatic carbocycles. The zero-order chi connectivity index (χ0) is 27.0. The van der Waals surface area contributed by atoms with Gasteiger partial charge in [0.25, 0.3) is 0 Å². The number of aliphatic hydroxyl groups excluding tert-OH is 1. The fraction of sp³-hybridized carbons (Fsp3) is 0.762. The van der Waals surface area contributed by atoms with Crippen molar-refractivity contribution in [1.29, 1.82) is 0 Å². The molecule has 6 rings (SSSR count). The summed E-state index contributed by atoms with van der Waals surface area (Å²) in [5, 5.41) is 27.8. The first-order valence-electron chi connectivity index (χ1n) is 12.6. The second-order valence-corrected chi connectivity index (χ2v) is 15.2.